The number of benzene rings is 1. The first-order valence-corrected chi connectivity index (χ1v) is 6.77. The Morgan fingerprint density at radius 1 is 1.44 bits per heavy atom. The van der Waals surface area contributed by atoms with Crippen molar-refractivity contribution in [1.82, 2.24) is 0 Å². The van der Waals surface area contributed by atoms with Gasteiger partial charge >= 0.3 is 0 Å². The number of halogens is 1. The van der Waals surface area contributed by atoms with Gasteiger partial charge in [0.05, 0.1) is 5.60 Å². The summed E-state index contributed by atoms with van der Waals surface area (Å²) < 4.78 is 13.3. The Hall–Kier alpha value is -1.09. The van der Waals surface area contributed by atoms with E-state index in [2.05, 4.69) is 18.7 Å². The molecule has 2 aliphatic rings. The van der Waals surface area contributed by atoms with Crippen LogP contribution >= 0.6 is 0 Å². The van der Waals surface area contributed by atoms with Crippen LogP contribution in [0.4, 0.5) is 10.1 Å². The molecule has 1 saturated heterocycles. The molecule has 1 N–H and O–H groups in total. The van der Waals surface area contributed by atoms with Crippen molar-refractivity contribution in [3.05, 3.63) is 30.1 Å². The molecule has 1 aromatic carbocycles. The zero-order chi connectivity index (χ0) is 12.9. The van der Waals surface area contributed by atoms with E-state index in [0.29, 0.717) is 17.9 Å². The Bertz CT molecular complexity index is 462. The third kappa shape index (κ3) is 1.72. The maximum atomic E-state index is 13.3. The third-order valence-electron chi connectivity index (χ3n) is 4.69. The fourth-order valence-corrected chi connectivity index (χ4v) is 3.41. The van der Waals surface area contributed by atoms with Crippen LogP contribution in [0.15, 0.2) is 24.3 Å². The van der Waals surface area contributed by atoms with Gasteiger partial charge in [-0.2, -0.15) is 0 Å². The average molecular weight is 249 g/mol. The summed E-state index contributed by atoms with van der Waals surface area (Å²) in [5, 5.41) is 10.7. The number of hydrogen-bond acceptors (Lipinski definition) is 2. The van der Waals surface area contributed by atoms with Gasteiger partial charge in [-0.05, 0) is 37.0 Å². The zero-order valence-electron chi connectivity index (χ0n) is 10.9. The van der Waals surface area contributed by atoms with Crippen molar-refractivity contribution in [2.75, 3.05) is 11.4 Å². The lowest BCUT2D eigenvalue weighted by atomic mass is 9.80. The van der Waals surface area contributed by atoms with Crippen LogP contribution in [-0.4, -0.2) is 23.3 Å². The van der Waals surface area contributed by atoms with Crippen LogP contribution in [0.2, 0.25) is 0 Å². The predicted octanol–water partition coefficient (Wildman–Crippen LogP) is 2.81. The molecule has 3 heteroatoms. The van der Waals surface area contributed by atoms with Gasteiger partial charge < -0.3 is 10.0 Å². The first-order valence-electron chi connectivity index (χ1n) is 6.77. The van der Waals surface area contributed by atoms with Gasteiger partial charge in [0, 0.05) is 24.2 Å². The highest BCUT2D eigenvalue weighted by atomic mass is 19.1. The Morgan fingerprint density at radius 2 is 2.22 bits per heavy atom. The monoisotopic (exact) mass is 249 g/mol. The maximum absolute atomic E-state index is 13.3. The minimum absolute atomic E-state index is 0.186. The first-order chi connectivity index (χ1) is 8.52. The molecule has 3 rings (SSSR count). The molecule has 18 heavy (non-hydrogen) atoms. The smallest absolute Gasteiger partial charge is 0.125 e. The summed E-state index contributed by atoms with van der Waals surface area (Å²) in [6.07, 6.45) is 1.81. The van der Waals surface area contributed by atoms with Crippen LogP contribution in [-0.2, 0) is 0 Å². The molecule has 0 radical (unpaired) electrons. The molecule has 1 heterocycles. The van der Waals surface area contributed by atoms with Crippen LogP contribution in [0, 0.1) is 17.7 Å². The standard InChI is InChI=1S/C15H20FNO/c1-10(2)15(18)6-7-17(14-9-13(14)15)12-5-3-4-11(16)8-12/h3-5,8,10,13-14,18H,6-7,9H2,1-2H3. The van der Waals surface area contributed by atoms with Crippen molar-refractivity contribution >= 4 is 5.69 Å². The normalized spacial score (nSPS) is 34.6. The van der Waals surface area contributed by atoms with Crippen molar-refractivity contribution in [1.29, 1.82) is 0 Å². The highest BCUT2D eigenvalue weighted by Gasteiger charge is 2.58. The highest BCUT2D eigenvalue weighted by molar-refractivity contribution is 5.50. The lowest BCUT2D eigenvalue weighted by molar-refractivity contribution is -0.0411. The number of nitrogens with zero attached hydrogens (tertiary/aromatic N) is 1. The maximum Gasteiger partial charge on any atom is 0.125 e. The summed E-state index contributed by atoms with van der Waals surface area (Å²) in [7, 11) is 0. The molecule has 0 amide bonds. The van der Waals surface area contributed by atoms with Crippen molar-refractivity contribution in [3.63, 3.8) is 0 Å². The van der Waals surface area contributed by atoms with Gasteiger partial charge in [0.25, 0.3) is 0 Å². The Labute approximate surface area is 107 Å². The number of fused-ring (bicyclic) bond motifs is 1. The quantitative estimate of drug-likeness (QED) is 0.871. The fourth-order valence-electron chi connectivity index (χ4n) is 3.41. The van der Waals surface area contributed by atoms with Crippen LogP contribution in [0.1, 0.15) is 26.7 Å². The minimum atomic E-state index is -0.519. The number of rotatable bonds is 2. The average Bonchev–Trinajstić information content (AvgIpc) is 3.10. The molecule has 1 aliphatic heterocycles. The lowest BCUT2D eigenvalue weighted by Gasteiger charge is -2.41. The molecule has 3 atom stereocenters. The molecule has 1 saturated carbocycles. The van der Waals surface area contributed by atoms with Crippen molar-refractivity contribution in [2.24, 2.45) is 11.8 Å². The third-order valence-corrected chi connectivity index (χ3v) is 4.69. The van der Waals surface area contributed by atoms with E-state index in [4.69, 9.17) is 0 Å². The molecule has 0 spiro atoms. The summed E-state index contributed by atoms with van der Waals surface area (Å²) in [6.45, 7) is 5.00. The SMILES string of the molecule is CC(C)C1(O)CCN(c2cccc(F)c2)C2CC21. The van der Waals surface area contributed by atoms with E-state index in [1.807, 2.05) is 6.07 Å². The summed E-state index contributed by atoms with van der Waals surface area (Å²) >= 11 is 0. The van der Waals surface area contributed by atoms with Crippen molar-refractivity contribution in [2.45, 2.75) is 38.3 Å². The lowest BCUT2D eigenvalue weighted by Crippen LogP contribution is -2.49. The Kier molecular flexibility index (Phi) is 2.63. The summed E-state index contributed by atoms with van der Waals surface area (Å²) in [5.74, 6) is 0.464. The van der Waals surface area contributed by atoms with E-state index in [1.54, 1.807) is 12.1 Å². The van der Waals surface area contributed by atoms with Crippen LogP contribution in [0.3, 0.4) is 0 Å². The van der Waals surface area contributed by atoms with E-state index >= 15 is 0 Å². The molecule has 1 aliphatic carbocycles. The molecular weight excluding hydrogens is 229 g/mol. The zero-order valence-corrected chi connectivity index (χ0v) is 10.9. The van der Waals surface area contributed by atoms with Crippen LogP contribution in [0.5, 0.6) is 0 Å². The van der Waals surface area contributed by atoms with Gasteiger partial charge in [-0.1, -0.05) is 19.9 Å². The van der Waals surface area contributed by atoms with Gasteiger partial charge in [0.1, 0.15) is 5.82 Å². The number of piperidine rings is 1. The van der Waals surface area contributed by atoms with E-state index < -0.39 is 5.60 Å². The molecule has 0 bridgehead atoms. The van der Waals surface area contributed by atoms with Gasteiger partial charge in [-0.15, -0.1) is 0 Å². The van der Waals surface area contributed by atoms with E-state index in [9.17, 15) is 9.50 Å². The minimum Gasteiger partial charge on any atom is -0.389 e. The second-order valence-corrected chi connectivity index (χ2v) is 5.98. The second-order valence-electron chi connectivity index (χ2n) is 5.98. The highest BCUT2D eigenvalue weighted by Crippen LogP contribution is 2.53. The molecular formula is C15H20FNO. The number of aliphatic hydroxyl groups is 1. The van der Waals surface area contributed by atoms with Crippen LogP contribution < -0.4 is 4.90 Å². The molecule has 2 fully saturated rings. The topological polar surface area (TPSA) is 23.5 Å². The molecule has 98 valence electrons. The van der Waals surface area contributed by atoms with Crippen LogP contribution in [0.25, 0.3) is 0 Å². The predicted molar refractivity (Wildman–Crippen MR) is 70.0 cm³/mol. The fraction of sp³-hybridized carbons (Fsp3) is 0.600. The Balaban J connectivity index is 1.81. The van der Waals surface area contributed by atoms with E-state index in [-0.39, 0.29) is 5.82 Å². The second kappa shape index (κ2) is 3.95. The largest absolute Gasteiger partial charge is 0.389 e. The van der Waals surface area contributed by atoms with Gasteiger partial charge in [0.2, 0.25) is 0 Å². The van der Waals surface area contributed by atoms with Gasteiger partial charge in [0.15, 0.2) is 0 Å². The Morgan fingerprint density at radius 3 is 2.89 bits per heavy atom. The molecule has 1 aromatic rings. The number of hydrogen-bond donors (Lipinski definition) is 1. The van der Waals surface area contributed by atoms with Gasteiger partial charge in [-0.3, -0.25) is 0 Å². The van der Waals surface area contributed by atoms with Crippen molar-refractivity contribution < 1.29 is 9.50 Å². The molecule has 3 unspecified atom stereocenters. The number of anilines is 1. The molecule has 0 aromatic heterocycles. The van der Waals surface area contributed by atoms with E-state index in [0.717, 1.165) is 25.1 Å². The van der Waals surface area contributed by atoms with Crippen molar-refractivity contribution in [3.8, 4) is 0 Å². The summed E-state index contributed by atoms with van der Waals surface area (Å²) in [6, 6.07) is 7.17. The first kappa shape index (κ1) is 12.0. The van der Waals surface area contributed by atoms with E-state index in [1.165, 1.54) is 6.07 Å². The summed E-state index contributed by atoms with van der Waals surface area (Å²) in [5.41, 5.74) is 0.433. The molecule has 2 nitrogen and oxygen atoms in total. The summed E-state index contributed by atoms with van der Waals surface area (Å²) in [4.78, 5) is 2.25. The van der Waals surface area contributed by atoms with Gasteiger partial charge in [-0.25, -0.2) is 4.39 Å².